The van der Waals surface area contributed by atoms with Gasteiger partial charge in [0.2, 0.25) is 0 Å². The van der Waals surface area contributed by atoms with Gasteiger partial charge in [0.05, 0.1) is 41.3 Å². The normalized spacial score (nSPS) is 30.7. The third-order valence-corrected chi connectivity index (χ3v) is 10.3. The summed E-state index contributed by atoms with van der Waals surface area (Å²) in [6, 6.07) is 1.89. The molecule has 43 heavy (non-hydrogen) atoms. The molecule has 1 saturated carbocycles. The molecule has 1 aliphatic carbocycles. The molecule has 228 valence electrons. The van der Waals surface area contributed by atoms with E-state index < -0.39 is 24.4 Å². The SMILES string of the molecule is O=C1c2c(nc(OC[C@@]34CCCN3C[C@H](F)C4)nc2N2CCCC(O)CC2)CN1c1c(C2CC2F)c(Cl)cc2[nH]ncc12. The van der Waals surface area contributed by atoms with Crippen LogP contribution in [0.1, 0.15) is 72.5 Å². The molecule has 5 aliphatic rings. The number of hydrogen-bond donors (Lipinski definition) is 2. The van der Waals surface area contributed by atoms with Gasteiger partial charge >= 0.3 is 6.01 Å². The Bertz CT molecular complexity index is 1610. The maximum Gasteiger partial charge on any atom is 0.318 e. The number of rotatable bonds is 6. The predicted octanol–water partition coefficient (Wildman–Crippen LogP) is 4.30. The summed E-state index contributed by atoms with van der Waals surface area (Å²) < 4.78 is 35.2. The molecule has 2 aromatic heterocycles. The fourth-order valence-corrected chi connectivity index (χ4v) is 8.08. The van der Waals surface area contributed by atoms with E-state index in [9.17, 15) is 18.7 Å². The quantitative estimate of drug-likeness (QED) is 0.424. The van der Waals surface area contributed by atoms with E-state index in [1.807, 2.05) is 4.90 Å². The highest BCUT2D eigenvalue weighted by atomic mass is 35.5. The van der Waals surface area contributed by atoms with Gasteiger partial charge in [0.15, 0.2) is 0 Å². The number of H-pyrrole nitrogens is 1. The van der Waals surface area contributed by atoms with Gasteiger partial charge in [0.25, 0.3) is 5.91 Å². The van der Waals surface area contributed by atoms with Gasteiger partial charge in [-0.3, -0.25) is 14.8 Å². The van der Waals surface area contributed by atoms with Crippen LogP contribution in [0, 0.1) is 0 Å². The van der Waals surface area contributed by atoms with Crippen LogP contribution in [0.4, 0.5) is 20.3 Å². The lowest BCUT2D eigenvalue weighted by Gasteiger charge is -2.31. The molecule has 3 aromatic rings. The molecule has 1 aromatic carbocycles. The molecule has 1 amide bonds. The van der Waals surface area contributed by atoms with Crippen LogP contribution in [-0.2, 0) is 6.54 Å². The summed E-state index contributed by atoms with van der Waals surface area (Å²) in [5.41, 5.74) is 2.33. The molecule has 3 saturated heterocycles. The Morgan fingerprint density at radius 3 is 2.88 bits per heavy atom. The zero-order valence-electron chi connectivity index (χ0n) is 23.7. The van der Waals surface area contributed by atoms with Crippen LogP contribution in [0.25, 0.3) is 10.9 Å². The van der Waals surface area contributed by atoms with E-state index in [1.54, 1.807) is 17.2 Å². The topological polar surface area (TPSA) is 111 Å². The lowest BCUT2D eigenvalue weighted by molar-refractivity contribution is 0.0995. The number of aromatic nitrogens is 4. The number of amides is 1. The average Bonchev–Trinajstić information content (AvgIpc) is 3.25. The number of halogens is 3. The Balaban J connectivity index is 1.19. The monoisotopic (exact) mass is 613 g/mol. The Morgan fingerprint density at radius 1 is 1.19 bits per heavy atom. The van der Waals surface area contributed by atoms with Crippen LogP contribution >= 0.6 is 11.6 Å². The number of carbonyl (C=O) groups is 1. The number of fused-ring (bicyclic) bond motifs is 3. The first-order valence-electron chi connectivity index (χ1n) is 15.3. The van der Waals surface area contributed by atoms with Gasteiger partial charge in [-0.15, -0.1) is 0 Å². The van der Waals surface area contributed by atoms with Gasteiger partial charge < -0.3 is 19.6 Å². The fraction of sp³-hybridized carbons (Fsp3) is 0.600. The number of hydrogen-bond acceptors (Lipinski definition) is 8. The molecule has 2 N–H and O–H groups in total. The standard InChI is InChI=1S/C30H34ClF2N7O3/c31-20-10-22-19(12-34-37-22)26(24(20)18-9-21(18)33)40-14-23-25(28(40)42)27(38-6-1-3-17(41)4-8-38)36-29(35-23)43-15-30-5-2-7-39(30)13-16(32)11-30/h10,12,16-18,21,41H,1-9,11,13-15H2,(H,34,37)/t16-,17?,18?,21?,30+/m1/s1. The number of anilines is 2. The first-order chi connectivity index (χ1) is 20.8. The van der Waals surface area contributed by atoms with E-state index in [0.717, 1.165) is 25.8 Å². The highest BCUT2D eigenvalue weighted by Crippen LogP contribution is 2.53. The summed E-state index contributed by atoms with van der Waals surface area (Å²) in [6.07, 6.45) is 3.93. The van der Waals surface area contributed by atoms with Crippen LogP contribution in [-0.4, -0.2) is 92.9 Å². The molecule has 4 aliphatic heterocycles. The Kier molecular flexibility index (Phi) is 6.54. The van der Waals surface area contributed by atoms with Crippen LogP contribution in [0.5, 0.6) is 6.01 Å². The van der Waals surface area contributed by atoms with E-state index in [2.05, 4.69) is 15.1 Å². The minimum atomic E-state index is -1.02. The number of nitrogens with one attached hydrogen (secondary N) is 1. The van der Waals surface area contributed by atoms with E-state index in [-0.39, 0.29) is 30.6 Å². The van der Waals surface area contributed by atoms with Gasteiger partial charge in [-0.1, -0.05) is 11.6 Å². The molecule has 5 atom stereocenters. The molecule has 10 nitrogen and oxygen atoms in total. The number of nitrogens with zero attached hydrogens (tertiary/aromatic N) is 6. The number of aromatic amines is 1. The van der Waals surface area contributed by atoms with Crippen molar-refractivity contribution in [2.75, 3.05) is 42.6 Å². The first-order valence-corrected chi connectivity index (χ1v) is 15.7. The molecule has 0 radical (unpaired) electrons. The van der Waals surface area contributed by atoms with Crippen LogP contribution in [0.15, 0.2) is 12.3 Å². The van der Waals surface area contributed by atoms with Gasteiger partial charge in [0, 0.05) is 47.9 Å². The van der Waals surface area contributed by atoms with E-state index in [1.165, 1.54) is 0 Å². The van der Waals surface area contributed by atoms with E-state index in [4.69, 9.17) is 26.3 Å². The van der Waals surface area contributed by atoms with Crippen LogP contribution in [0.2, 0.25) is 5.02 Å². The third-order valence-electron chi connectivity index (χ3n) is 10.00. The zero-order valence-corrected chi connectivity index (χ0v) is 24.5. The van der Waals surface area contributed by atoms with E-state index in [0.29, 0.717) is 89.6 Å². The highest BCUT2D eigenvalue weighted by Gasteiger charge is 2.50. The summed E-state index contributed by atoms with van der Waals surface area (Å²) in [4.78, 5) is 29.7. The van der Waals surface area contributed by atoms with Gasteiger partial charge in [-0.05, 0) is 51.1 Å². The summed E-state index contributed by atoms with van der Waals surface area (Å²) in [6.45, 7) is 2.83. The number of alkyl halides is 2. The maximum atomic E-state index is 14.5. The number of ether oxygens (including phenoxy) is 1. The van der Waals surface area contributed by atoms with Crippen molar-refractivity contribution >= 4 is 39.9 Å². The fourth-order valence-electron chi connectivity index (χ4n) is 7.74. The maximum absolute atomic E-state index is 14.5. The molecular formula is C30H34ClF2N7O3. The number of benzene rings is 1. The summed E-state index contributed by atoms with van der Waals surface area (Å²) in [5, 5.41) is 18.5. The molecule has 4 fully saturated rings. The largest absolute Gasteiger partial charge is 0.461 e. The smallest absolute Gasteiger partial charge is 0.318 e. The second-order valence-electron chi connectivity index (χ2n) is 12.8. The van der Waals surface area contributed by atoms with Crippen molar-refractivity contribution in [2.24, 2.45) is 0 Å². The molecule has 13 heteroatoms. The van der Waals surface area contributed by atoms with Crippen LogP contribution in [0.3, 0.4) is 0 Å². The minimum absolute atomic E-state index is 0.137. The van der Waals surface area contributed by atoms with E-state index >= 15 is 0 Å². The number of aliphatic hydroxyl groups excluding tert-OH is 1. The number of carbonyl (C=O) groups excluding carboxylic acids is 1. The van der Waals surface area contributed by atoms with Crippen molar-refractivity contribution in [1.82, 2.24) is 25.1 Å². The van der Waals surface area contributed by atoms with Crippen molar-refractivity contribution in [2.45, 2.75) is 81.4 Å². The summed E-state index contributed by atoms with van der Waals surface area (Å²) >= 11 is 6.71. The van der Waals surface area contributed by atoms with Crippen molar-refractivity contribution in [3.05, 3.63) is 34.1 Å². The van der Waals surface area contributed by atoms with Gasteiger partial charge in [-0.25, -0.2) is 8.78 Å². The Labute approximate surface area is 252 Å². The van der Waals surface area contributed by atoms with Gasteiger partial charge in [-0.2, -0.15) is 15.1 Å². The molecule has 6 heterocycles. The van der Waals surface area contributed by atoms with Crippen molar-refractivity contribution in [3.8, 4) is 6.01 Å². The summed E-state index contributed by atoms with van der Waals surface area (Å²) in [5.74, 6) is -0.215. The first kappa shape index (κ1) is 27.5. The molecule has 8 rings (SSSR count). The van der Waals surface area contributed by atoms with Crippen molar-refractivity contribution < 1.29 is 23.4 Å². The third kappa shape index (κ3) is 4.55. The molecule has 0 spiro atoms. The summed E-state index contributed by atoms with van der Waals surface area (Å²) in [7, 11) is 0. The Morgan fingerprint density at radius 2 is 2.05 bits per heavy atom. The molecule has 3 unspecified atom stereocenters. The number of aliphatic hydroxyl groups is 1. The molecule has 0 bridgehead atoms. The van der Waals surface area contributed by atoms with Gasteiger partial charge in [0.1, 0.15) is 30.3 Å². The second kappa shape index (κ2) is 10.2. The van der Waals surface area contributed by atoms with Crippen molar-refractivity contribution in [3.63, 3.8) is 0 Å². The molecular weight excluding hydrogens is 580 g/mol. The average molecular weight is 614 g/mol. The predicted molar refractivity (Wildman–Crippen MR) is 157 cm³/mol. The Hall–Kier alpha value is -3.09. The lowest BCUT2D eigenvalue weighted by atomic mass is 9.95. The lowest BCUT2D eigenvalue weighted by Crippen LogP contribution is -2.43. The minimum Gasteiger partial charge on any atom is -0.461 e. The van der Waals surface area contributed by atoms with Crippen LogP contribution < -0.4 is 14.5 Å². The highest BCUT2D eigenvalue weighted by molar-refractivity contribution is 6.33. The van der Waals surface area contributed by atoms with Crippen molar-refractivity contribution in [1.29, 1.82) is 0 Å². The zero-order chi connectivity index (χ0) is 29.5. The second-order valence-corrected chi connectivity index (χ2v) is 13.2.